The van der Waals surface area contributed by atoms with E-state index in [1.165, 1.54) is 19.3 Å². The lowest BCUT2D eigenvalue weighted by atomic mass is 9.96. The minimum atomic E-state index is 0.121. The Morgan fingerprint density at radius 3 is 2.82 bits per heavy atom. The average molecular weight is 237 g/mol. The van der Waals surface area contributed by atoms with Crippen LogP contribution in [0.2, 0.25) is 0 Å². The molecule has 1 unspecified atom stereocenters. The first-order chi connectivity index (χ1) is 8.20. The number of aromatic nitrogens is 2. The Kier molecular flexibility index (Phi) is 4.05. The number of hydrogen-bond acceptors (Lipinski definition) is 2. The van der Waals surface area contributed by atoms with Gasteiger partial charge < -0.3 is 5.73 Å². The number of H-pyrrole nitrogens is 1. The van der Waals surface area contributed by atoms with Gasteiger partial charge in [0, 0.05) is 11.8 Å². The van der Waals surface area contributed by atoms with Crippen LogP contribution in [0.15, 0.2) is 10.9 Å². The van der Waals surface area contributed by atoms with Gasteiger partial charge >= 0.3 is 0 Å². The number of aromatic amines is 1. The minimum Gasteiger partial charge on any atom is -0.330 e. The largest absolute Gasteiger partial charge is 0.330 e. The van der Waals surface area contributed by atoms with Crippen molar-refractivity contribution < 1.29 is 0 Å². The van der Waals surface area contributed by atoms with Gasteiger partial charge in [-0.3, -0.25) is 9.89 Å². The fourth-order valence-electron chi connectivity index (χ4n) is 2.63. The third-order valence-electron chi connectivity index (χ3n) is 3.71. The van der Waals surface area contributed by atoms with E-state index in [2.05, 4.69) is 12.0 Å². The molecule has 17 heavy (non-hydrogen) atoms. The van der Waals surface area contributed by atoms with E-state index in [-0.39, 0.29) is 5.56 Å². The molecule has 1 aliphatic carbocycles. The highest BCUT2D eigenvalue weighted by Gasteiger charge is 2.18. The van der Waals surface area contributed by atoms with Crippen LogP contribution >= 0.6 is 0 Å². The molecule has 0 amide bonds. The molecule has 4 heteroatoms. The molecule has 1 fully saturated rings. The summed E-state index contributed by atoms with van der Waals surface area (Å²) in [5.74, 6) is 0.424. The first kappa shape index (κ1) is 12.4. The molecule has 1 aromatic rings. The van der Waals surface area contributed by atoms with Gasteiger partial charge in [0.1, 0.15) is 0 Å². The summed E-state index contributed by atoms with van der Waals surface area (Å²) in [6.45, 7) is 2.77. The van der Waals surface area contributed by atoms with Crippen LogP contribution in [0.25, 0.3) is 0 Å². The highest BCUT2D eigenvalue weighted by molar-refractivity contribution is 5.01. The van der Waals surface area contributed by atoms with Crippen molar-refractivity contribution >= 4 is 0 Å². The lowest BCUT2D eigenvalue weighted by molar-refractivity contribution is 0.321. The molecule has 0 saturated heterocycles. The summed E-state index contributed by atoms with van der Waals surface area (Å²) in [5, 5.41) is 3.26. The molecule has 2 rings (SSSR count). The number of nitrogens with zero attached hydrogens (tertiary/aromatic N) is 1. The van der Waals surface area contributed by atoms with E-state index in [0.29, 0.717) is 18.5 Å². The quantitative estimate of drug-likeness (QED) is 0.839. The Bertz CT molecular complexity index is 401. The molecule has 1 aromatic heterocycles. The average Bonchev–Trinajstić information content (AvgIpc) is 2.71. The van der Waals surface area contributed by atoms with Crippen LogP contribution in [0.1, 0.15) is 50.8 Å². The van der Waals surface area contributed by atoms with Crippen molar-refractivity contribution in [3.8, 4) is 0 Å². The van der Waals surface area contributed by atoms with Gasteiger partial charge in [0.25, 0.3) is 5.56 Å². The van der Waals surface area contributed by atoms with E-state index < -0.39 is 0 Å². The van der Waals surface area contributed by atoms with E-state index in [9.17, 15) is 4.79 Å². The standard InChI is InChI=1S/C13H23N3O/c1-10(9-14)7-11-8-13(17)16(15-11)12-5-3-2-4-6-12/h8,10,12,15H,2-7,9,14H2,1H3. The molecule has 3 N–H and O–H groups in total. The molecular weight excluding hydrogens is 214 g/mol. The first-order valence-corrected chi connectivity index (χ1v) is 6.71. The summed E-state index contributed by atoms with van der Waals surface area (Å²) in [5.41, 5.74) is 6.76. The maximum atomic E-state index is 11.9. The van der Waals surface area contributed by atoms with E-state index >= 15 is 0 Å². The predicted octanol–water partition coefficient (Wildman–Crippen LogP) is 1.82. The van der Waals surface area contributed by atoms with Crippen molar-refractivity contribution in [1.82, 2.24) is 9.78 Å². The zero-order chi connectivity index (χ0) is 12.3. The van der Waals surface area contributed by atoms with Crippen LogP contribution < -0.4 is 11.3 Å². The maximum Gasteiger partial charge on any atom is 0.266 e. The van der Waals surface area contributed by atoms with Crippen molar-refractivity contribution in [2.75, 3.05) is 6.54 Å². The summed E-state index contributed by atoms with van der Waals surface area (Å²) in [4.78, 5) is 11.9. The van der Waals surface area contributed by atoms with Gasteiger partial charge in [0.15, 0.2) is 0 Å². The Balaban J connectivity index is 2.10. The van der Waals surface area contributed by atoms with Gasteiger partial charge in [-0.15, -0.1) is 0 Å². The summed E-state index contributed by atoms with van der Waals surface area (Å²) < 4.78 is 1.83. The molecule has 4 nitrogen and oxygen atoms in total. The molecule has 1 heterocycles. The zero-order valence-corrected chi connectivity index (χ0v) is 10.6. The Morgan fingerprint density at radius 1 is 1.47 bits per heavy atom. The lowest BCUT2D eigenvalue weighted by Gasteiger charge is -2.22. The van der Waals surface area contributed by atoms with Gasteiger partial charge in [-0.25, -0.2) is 4.68 Å². The molecule has 1 atom stereocenters. The summed E-state index contributed by atoms with van der Waals surface area (Å²) in [6, 6.07) is 2.12. The van der Waals surface area contributed by atoms with E-state index in [1.54, 1.807) is 6.07 Å². The highest BCUT2D eigenvalue weighted by Crippen LogP contribution is 2.26. The molecular formula is C13H23N3O. The third kappa shape index (κ3) is 3.00. The van der Waals surface area contributed by atoms with E-state index in [0.717, 1.165) is 25.0 Å². The van der Waals surface area contributed by atoms with Crippen molar-refractivity contribution in [3.63, 3.8) is 0 Å². The normalized spacial score (nSPS) is 19.4. The second kappa shape index (κ2) is 5.54. The topological polar surface area (TPSA) is 63.8 Å². The lowest BCUT2D eigenvalue weighted by Crippen LogP contribution is -2.23. The van der Waals surface area contributed by atoms with E-state index in [1.807, 2.05) is 4.68 Å². The van der Waals surface area contributed by atoms with Crippen LogP contribution in [0.4, 0.5) is 0 Å². The van der Waals surface area contributed by atoms with Crippen LogP contribution in [0.5, 0.6) is 0 Å². The fraction of sp³-hybridized carbons (Fsp3) is 0.769. The number of hydrogen-bond donors (Lipinski definition) is 2. The summed E-state index contributed by atoms with van der Waals surface area (Å²) in [6.07, 6.45) is 6.92. The molecule has 0 aromatic carbocycles. The maximum absolute atomic E-state index is 11.9. The molecule has 0 aliphatic heterocycles. The third-order valence-corrected chi connectivity index (χ3v) is 3.71. The minimum absolute atomic E-state index is 0.121. The van der Waals surface area contributed by atoms with Gasteiger partial charge in [-0.1, -0.05) is 26.2 Å². The SMILES string of the molecule is CC(CN)Cc1cc(=O)n(C2CCCCC2)[nH]1. The number of rotatable bonds is 4. The van der Waals surface area contributed by atoms with Crippen LogP contribution in [-0.4, -0.2) is 16.3 Å². The Labute approximate surface area is 102 Å². The second-order valence-electron chi connectivity index (χ2n) is 5.33. The smallest absolute Gasteiger partial charge is 0.266 e. The van der Waals surface area contributed by atoms with Crippen LogP contribution in [0, 0.1) is 5.92 Å². The monoisotopic (exact) mass is 237 g/mol. The zero-order valence-electron chi connectivity index (χ0n) is 10.6. The second-order valence-corrected chi connectivity index (χ2v) is 5.33. The van der Waals surface area contributed by atoms with Gasteiger partial charge in [-0.05, 0) is 31.7 Å². The summed E-state index contributed by atoms with van der Waals surface area (Å²) in [7, 11) is 0. The van der Waals surface area contributed by atoms with E-state index in [4.69, 9.17) is 5.73 Å². The number of nitrogens with one attached hydrogen (secondary N) is 1. The Hall–Kier alpha value is -1.03. The molecule has 1 saturated carbocycles. The first-order valence-electron chi connectivity index (χ1n) is 6.71. The van der Waals surface area contributed by atoms with Crippen molar-refractivity contribution in [2.45, 2.75) is 51.5 Å². The molecule has 0 spiro atoms. The van der Waals surface area contributed by atoms with Crippen molar-refractivity contribution in [2.24, 2.45) is 11.7 Å². The van der Waals surface area contributed by atoms with Crippen LogP contribution in [-0.2, 0) is 6.42 Å². The Morgan fingerprint density at radius 2 is 2.18 bits per heavy atom. The van der Waals surface area contributed by atoms with Gasteiger partial charge in [-0.2, -0.15) is 0 Å². The predicted molar refractivity (Wildman–Crippen MR) is 69.1 cm³/mol. The fourth-order valence-corrected chi connectivity index (χ4v) is 2.63. The molecule has 0 radical (unpaired) electrons. The molecule has 0 bridgehead atoms. The van der Waals surface area contributed by atoms with Crippen molar-refractivity contribution in [1.29, 1.82) is 0 Å². The number of nitrogens with two attached hydrogens (primary N) is 1. The van der Waals surface area contributed by atoms with Gasteiger partial charge in [0.05, 0.1) is 6.04 Å². The highest BCUT2D eigenvalue weighted by atomic mass is 16.1. The van der Waals surface area contributed by atoms with Gasteiger partial charge in [0.2, 0.25) is 0 Å². The van der Waals surface area contributed by atoms with Crippen LogP contribution in [0.3, 0.4) is 0 Å². The molecule has 96 valence electrons. The molecule has 1 aliphatic rings. The van der Waals surface area contributed by atoms with Crippen molar-refractivity contribution in [3.05, 3.63) is 22.1 Å². The summed E-state index contributed by atoms with van der Waals surface area (Å²) >= 11 is 0.